The molecule has 1 rings (SSSR count). The minimum Gasteiger partial charge on any atom is -0.468 e. The lowest BCUT2D eigenvalue weighted by Gasteiger charge is -2.30. The topological polar surface area (TPSA) is 69.0 Å². The molecule has 21 heavy (non-hydrogen) atoms. The van der Waals surface area contributed by atoms with Gasteiger partial charge in [0, 0.05) is 18.8 Å². The molecule has 1 unspecified atom stereocenters. The number of carbonyl (C=O) groups is 1. The predicted molar refractivity (Wildman–Crippen MR) is 84.4 cm³/mol. The zero-order chi connectivity index (χ0) is 16.0. The summed E-state index contributed by atoms with van der Waals surface area (Å²) >= 11 is 1.66. The number of nitrogens with one attached hydrogen (secondary N) is 1. The summed E-state index contributed by atoms with van der Waals surface area (Å²) < 4.78 is 6.89. The fourth-order valence-corrected chi connectivity index (χ4v) is 3.09. The van der Waals surface area contributed by atoms with Crippen LogP contribution in [0.25, 0.3) is 0 Å². The molecule has 0 radical (unpaired) electrons. The van der Waals surface area contributed by atoms with Gasteiger partial charge in [0.15, 0.2) is 5.16 Å². The fourth-order valence-electron chi connectivity index (χ4n) is 2.20. The van der Waals surface area contributed by atoms with Crippen LogP contribution in [0.4, 0.5) is 0 Å². The van der Waals surface area contributed by atoms with E-state index < -0.39 is 5.54 Å². The van der Waals surface area contributed by atoms with Crippen LogP contribution >= 0.6 is 11.8 Å². The van der Waals surface area contributed by atoms with Gasteiger partial charge in [-0.2, -0.15) is 0 Å². The highest BCUT2D eigenvalue weighted by Gasteiger charge is 2.34. The van der Waals surface area contributed by atoms with E-state index in [0.717, 1.165) is 29.6 Å². The lowest BCUT2D eigenvalue weighted by Crippen LogP contribution is -2.53. The average molecular weight is 314 g/mol. The van der Waals surface area contributed by atoms with E-state index in [-0.39, 0.29) is 12.0 Å². The fraction of sp³-hybridized carbons (Fsp3) is 0.786. The Hall–Kier alpha value is -1.08. The quantitative estimate of drug-likeness (QED) is 0.449. The smallest absolute Gasteiger partial charge is 0.325 e. The first kappa shape index (κ1) is 18.0. The molecule has 0 bridgehead atoms. The third-order valence-electron chi connectivity index (χ3n) is 3.35. The number of carbonyl (C=O) groups excluding carboxylic acids is 1. The summed E-state index contributed by atoms with van der Waals surface area (Å²) in [5, 5.41) is 12.4. The van der Waals surface area contributed by atoms with Gasteiger partial charge in [-0.05, 0) is 40.5 Å². The van der Waals surface area contributed by atoms with Crippen molar-refractivity contribution in [3.05, 3.63) is 5.82 Å². The molecule has 0 aliphatic rings. The summed E-state index contributed by atoms with van der Waals surface area (Å²) in [4.78, 5) is 12.0. The van der Waals surface area contributed by atoms with Crippen LogP contribution in [0.3, 0.4) is 0 Å². The van der Waals surface area contributed by atoms with Crippen LogP contribution < -0.4 is 5.32 Å². The molecular formula is C14H26N4O2S. The monoisotopic (exact) mass is 314 g/mol. The predicted octanol–water partition coefficient (Wildman–Crippen LogP) is 1.93. The van der Waals surface area contributed by atoms with Gasteiger partial charge in [0.2, 0.25) is 0 Å². The second-order valence-electron chi connectivity index (χ2n) is 5.66. The molecule has 7 heteroatoms. The van der Waals surface area contributed by atoms with Crippen molar-refractivity contribution >= 4 is 17.7 Å². The minimum absolute atomic E-state index is 0.212. The number of hydrogen-bond donors (Lipinski definition) is 1. The number of ether oxygens (including phenoxy) is 1. The Morgan fingerprint density at radius 1 is 1.48 bits per heavy atom. The maximum absolute atomic E-state index is 12.0. The van der Waals surface area contributed by atoms with Gasteiger partial charge < -0.3 is 9.30 Å². The highest BCUT2D eigenvalue weighted by atomic mass is 32.2. The number of hydrogen-bond acceptors (Lipinski definition) is 6. The van der Waals surface area contributed by atoms with Gasteiger partial charge >= 0.3 is 5.97 Å². The van der Waals surface area contributed by atoms with Gasteiger partial charge in [-0.25, -0.2) is 0 Å². The van der Waals surface area contributed by atoms with Gasteiger partial charge in [-0.1, -0.05) is 11.8 Å². The largest absolute Gasteiger partial charge is 0.468 e. The maximum atomic E-state index is 12.0. The van der Waals surface area contributed by atoms with Crippen molar-refractivity contribution < 1.29 is 9.53 Å². The summed E-state index contributed by atoms with van der Waals surface area (Å²) in [6.07, 6.45) is 1.61. The van der Waals surface area contributed by atoms with Gasteiger partial charge in [0.05, 0.1) is 7.11 Å². The molecule has 0 saturated heterocycles. The first-order valence-corrected chi connectivity index (χ1v) is 8.13. The second kappa shape index (κ2) is 7.79. The first-order chi connectivity index (χ1) is 9.80. The Balaban J connectivity index is 2.50. The van der Waals surface area contributed by atoms with Gasteiger partial charge in [0.25, 0.3) is 0 Å². The SMILES string of the molecule is COC(=O)C(C)(CCCSc1nnc(C)n1C)NC(C)C. The van der Waals surface area contributed by atoms with E-state index in [0.29, 0.717) is 0 Å². The van der Waals surface area contributed by atoms with E-state index in [1.165, 1.54) is 7.11 Å². The van der Waals surface area contributed by atoms with Crippen LogP contribution in [0.2, 0.25) is 0 Å². The summed E-state index contributed by atoms with van der Waals surface area (Å²) in [6.45, 7) is 7.88. The van der Waals surface area contributed by atoms with Gasteiger partial charge in [-0.3, -0.25) is 10.1 Å². The second-order valence-corrected chi connectivity index (χ2v) is 6.73. The van der Waals surface area contributed by atoms with Gasteiger partial charge in [0.1, 0.15) is 11.4 Å². The van der Waals surface area contributed by atoms with Crippen molar-refractivity contribution in [2.75, 3.05) is 12.9 Å². The molecule has 1 atom stereocenters. The zero-order valence-electron chi connectivity index (χ0n) is 13.8. The number of esters is 1. The van der Waals surface area contributed by atoms with Crippen molar-refractivity contribution in [2.45, 2.75) is 57.3 Å². The van der Waals surface area contributed by atoms with Crippen LogP contribution in [-0.2, 0) is 16.6 Å². The number of aryl methyl sites for hydroxylation is 1. The van der Waals surface area contributed by atoms with Crippen LogP contribution in [0.1, 0.15) is 39.4 Å². The number of methoxy groups -OCH3 is 1. The van der Waals surface area contributed by atoms with E-state index in [1.807, 2.05) is 39.3 Å². The van der Waals surface area contributed by atoms with Crippen LogP contribution in [0, 0.1) is 6.92 Å². The lowest BCUT2D eigenvalue weighted by atomic mass is 9.95. The summed E-state index contributed by atoms with van der Waals surface area (Å²) in [5.74, 6) is 1.58. The zero-order valence-corrected chi connectivity index (χ0v) is 14.6. The van der Waals surface area contributed by atoms with Crippen molar-refractivity contribution in [2.24, 2.45) is 7.05 Å². The van der Waals surface area contributed by atoms with Crippen molar-refractivity contribution in [3.63, 3.8) is 0 Å². The van der Waals surface area contributed by atoms with Crippen LogP contribution in [0.15, 0.2) is 5.16 Å². The Bertz CT molecular complexity index is 476. The number of rotatable bonds is 8. The first-order valence-electron chi connectivity index (χ1n) is 7.15. The van der Waals surface area contributed by atoms with Crippen LogP contribution in [0.5, 0.6) is 0 Å². The highest BCUT2D eigenvalue weighted by Crippen LogP contribution is 2.21. The highest BCUT2D eigenvalue weighted by molar-refractivity contribution is 7.99. The molecule has 0 aliphatic heterocycles. The molecule has 120 valence electrons. The normalized spacial score (nSPS) is 14.2. The summed E-state index contributed by atoms with van der Waals surface area (Å²) in [6, 6.07) is 0.225. The molecule has 0 saturated carbocycles. The summed E-state index contributed by atoms with van der Waals surface area (Å²) in [7, 11) is 3.39. The third kappa shape index (κ3) is 5.00. The Kier molecular flexibility index (Phi) is 6.67. The molecule has 0 amide bonds. The van der Waals surface area contributed by atoms with Crippen molar-refractivity contribution in [1.82, 2.24) is 20.1 Å². The Labute approximate surface area is 131 Å². The molecule has 1 heterocycles. The van der Waals surface area contributed by atoms with E-state index in [9.17, 15) is 4.79 Å². The molecule has 6 nitrogen and oxygen atoms in total. The lowest BCUT2D eigenvalue weighted by molar-refractivity contribution is -0.148. The minimum atomic E-state index is -0.640. The number of thioether (sulfide) groups is 1. The van der Waals surface area contributed by atoms with E-state index in [1.54, 1.807) is 11.8 Å². The molecule has 0 fully saturated rings. The van der Waals surface area contributed by atoms with Crippen molar-refractivity contribution in [1.29, 1.82) is 0 Å². The molecule has 1 N–H and O–H groups in total. The average Bonchev–Trinajstić information content (AvgIpc) is 2.73. The van der Waals surface area contributed by atoms with Crippen molar-refractivity contribution in [3.8, 4) is 0 Å². The summed E-state index contributed by atoms with van der Waals surface area (Å²) in [5.41, 5.74) is -0.640. The van der Waals surface area contributed by atoms with Gasteiger partial charge in [-0.15, -0.1) is 10.2 Å². The van der Waals surface area contributed by atoms with E-state index in [4.69, 9.17) is 4.74 Å². The Morgan fingerprint density at radius 2 is 2.14 bits per heavy atom. The molecule has 0 aliphatic carbocycles. The maximum Gasteiger partial charge on any atom is 0.325 e. The number of aromatic nitrogens is 3. The standard InChI is InChI=1S/C14H26N4O2S/c1-10(2)15-14(4,12(19)20-6)8-7-9-21-13-17-16-11(3)18(13)5/h10,15H,7-9H2,1-6H3. The van der Waals surface area contributed by atoms with Crippen LogP contribution in [-0.4, -0.2) is 45.2 Å². The Morgan fingerprint density at radius 3 is 2.62 bits per heavy atom. The molecule has 0 aromatic carbocycles. The van der Waals surface area contributed by atoms with E-state index >= 15 is 0 Å². The molecule has 1 aromatic rings. The molecular weight excluding hydrogens is 288 g/mol. The molecule has 1 aromatic heterocycles. The molecule has 0 spiro atoms. The third-order valence-corrected chi connectivity index (χ3v) is 4.45. The van der Waals surface area contributed by atoms with E-state index in [2.05, 4.69) is 15.5 Å². The number of nitrogens with zero attached hydrogens (tertiary/aromatic N) is 3.